The van der Waals surface area contributed by atoms with E-state index in [4.69, 9.17) is 0 Å². The molecule has 0 bridgehead atoms. The molecule has 1 aliphatic carbocycles. The summed E-state index contributed by atoms with van der Waals surface area (Å²) in [6.07, 6.45) is 6.11. The summed E-state index contributed by atoms with van der Waals surface area (Å²) in [5.74, 6) is 0.189. The van der Waals surface area contributed by atoms with Crippen molar-refractivity contribution in [1.29, 1.82) is 0 Å². The van der Waals surface area contributed by atoms with Gasteiger partial charge < -0.3 is 10.6 Å². The Labute approximate surface area is 98.4 Å². The highest BCUT2D eigenvalue weighted by molar-refractivity contribution is 5.81. The molecule has 2 rings (SSSR count). The largest absolute Gasteiger partial charge is 0.353 e. The van der Waals surface area contributed by atoms with E-state index in [0.717, 1.165) is 19.4 Å². The van der Waals surface area contributed by atoms with E-state index in [-0.39, 0.29) is 11.3 Å². The fourth-order valence-corrected chi connectivity index (χ4v) is 2.67. The summed E-state index contributed by atoms with van der Waals surface area (Å²) in [5, 5.41) is 6.83. The standard InChI is InChI=1S/C13H24N2O/c1-12(2,3)11(16)15-10-5-8-14-13(9-10)6-4-7-13/h10,14H,4-9H2,1-3H3,(H,15,16). The van der Waals surface area contributed by atoms with Gasteiger partial charge in [-0.15, -0.1) is 0 Å². The highest BCUT2D eigenvalue weighted by Crippen LogP contribution is 2.38. The molecular weight excluding hydrogens is 200 g/mol. The first kappa shape index (κ1) is 11.9. The quantitative estimate of drug-likeness (QED) is 0.713. The maximum absolute atomic E-state index is 11.9. The fourth-order valence-electron chi connectivity index (χ4n) is 2.67. The minimum atomic E-state index is -0.266. The van der Waals surface area contributed by atoms with Gasteiger partial charge in [0.1, 0.15) is 0 Å². The molecule has 1 unspecified atom stereocenters. The Balaban J connectivity index is 1.88. The van der Waals surface area contributed by atoms with Crippen molar-refractivity contribution in [1.82, 2.24) is 10.6 Å². The van der Waals surface area contributed by atoms with Crippen molar-refractivity contribution in [2.24, 2.45) is 5.41 Å². The van der Waals surface area contributed by atoms with Crippen LogP contribution in [0.3, 0.4) is 0 Å². The lowest BCUT2D eigenvalue weighted by Crippen LogP contribution is -2.60. The third-order valence-corrected chi connectivity index (χ3v) is 3.96. The minimum Gasteiger partial charge on any atom is -0.353 e. The molecule has 0 aromatic carbocycles. The van der Waals surface area contributed by atoms with Crippen molar-refractivity contribution >= 4 is 5.91 Å². The van der Waals surface area contributed by atoms with Crippen molar-refractivity contribution in [2.45, 2.75) is 64.5 Å². The third kappa shape index (κ3) is 2.40. The smallest absolute Gasteiger partial charge is 0.225 e. The Kier molecular flexibility index (Phi) is 2.99. The third-order valence-electron chi connectivity index (χ3n) is 3.96. The summed E-state index contributed by atoms with van der Waals surface area (Å²) in [7, 11) is 0. The second-order valence-corrected chi connectivity index (χ2v) is 6.47. The molecule has 0 aromatic heterocycles. The summed E-state index contributed by atoms with van der Waals surface area (Å²) >= 11 is 0. The van der Waals surface area contributed by atoms with E-state index in [1.807, 2.05) is 20.8 Å². The van der Waals surface area contributed by atoms with Gasteiger partial charge >= 0.3 is 0 Å². The van der Waals surface area contributed by atoms with Gasteiger partial charge in [0.05, 0.1) is 0 Å². The number of hydrogen-bond acceptors (Lipinski definition) is 2. The highest BCUT2D eigenvalue weighted by Gasteiger charge is 2.41. The monoisotopic (exact) mass is 224 g/mol. The second kappa shape index (κ2) is 4.02. The van der Waals surface area contributed by atoms with Crippen molar-refractivity contribution < 1.29 is 4.79 Å². The molecule has 1 heterocycles. The van der Waals surface area contributed by atoms with Crippen LogP contribution in [-0.4, -0.2) is 24.0 Å². The lowest BCUT2D eigenvalue weighted by atomic mass is 9.70. The van der Waals surface area contributed by atoms with E-state index in [0.29, 0.717) is 11.6 Å². The summed E-state index contributed by atoms with van der Waals surface area (Å²) in [4.78, 5) is 11.9. The topological polar surface area (TPSA) is 41.1 Å². The van der Waals surface area contributed by atoms with Crippen molar-refractivity contribution in [3.05, 3.63) is 0 Å². The van der Waals surface area contributed by atoms with Crippen LogP contribution in [0.1, 0.15) is 52.9 Å². The Bertz CT molecular complexity index is 276. The fraction of sp³-hybridized carbons (Fsp3) is 0.923. The highest BCUT2D eigenvalue weighted by atomic mass is 16.2. The van der Waals surface area contributed by atoms with Gasteiger partial charge in [-0.1, -0.05) is 20.8 Å². The maximum Gasteiger partial charge on any atom is 0.225 e. The lowest BCUT2D eigenvalue weighted by Gasteiger charge is -2.48. The molecule has 0 aromatic rings. The van der Waals surface area contributed by atoms with Crippen LogP contribution < -0.4 is 10.6 Å². The number of hydrogen-bond donors (Lipinski definition) is 2. The SMILES string of the molecule is CC(C)(C)C(=O)NC1CCNC2(CCC2)C1. The van der Waals surface area contributed by atoms with Gasteiger partial charge in [-0.05, 0) is 38.6 Å². The molecule has 1 amide bonds. The molecule has 1 aliphatic heterocycles. The Hall–Kier alpha value is -0.570. The van der Waals surface area contributed by atoms with Gasteiger partial charge in [-0.2, -0.15) is 0 Å². The van der Waals surface area contributed by atoms with E-state index in [1.165, 1.54) is 19.3 Å². The molecule has 1 spiro atoms. The van der Waals surface area contributed by atoms with Crippen LogP contribution in [0, 0.1) is 5.41 Å². The Morgan fingerprint density at radius 2 is 2.06 bits per heavy atom. The molecule has 2 aliphatic rings. The van der Waals surface area contributed by atoms with E-state index < -0.39 is 0 Å². The van der Waals surface area contributed by atoms with E-state index in [9.17, 15) is 4.79 Å². The van der Waals surface area contributed by atoms with Crippen LogP contribution in [-0.2, 0) is 4.79 Å². The Morgan fingerprint density at radius 1 is 1.38 bits per heavy atom. The first-order valence-corrected chi connectivity index (χ1v) is 6.47. The molecule has 2 fully saturated rings. The van der Waals surface area contributed by atoms with E-state index >= 15 is 0 Å². The van der Waals surface area contributed by atoms with Gasteiger partial charge in [0.25, 0.3) is 0 Å². The molecule has 1 saturated heterocycles. The number of amides is 1. The number of piperidine rings is 1. The summed E-state index contributed by atoms with van der Waals surface area (Å²) < 4.78 is 0. The molecular formula is C13H24N2O. The summed E-state index contributed by atoms with van der Waals surface area (Å²) in [5.41, 5.74) is 0.103. The lowest BCUT2D eigenvalue weighted by molar-refractivity contribution is -0.129. The number of nitrogens with one attached hydrogen (secondary N) is 2. The number of carbonyl (C=O) groups excluding carboxylic acids is 1. The van der Waals surface area contributed by atoms with Crippen LogP contribution >= 0.6 is 0 Å². The molecule has 2 N–H and O–H groups in total. The zero-order valence-corrected chi connectivity index (χ0v) is 10.7. The first-order valence-electron chi connectivity index (χ1n) is 6.47. The van der Waals surface area contributed by atoms with Crippen LogP contribution in [0.25, 0.3) is 0 Å². The average molecular weight is 224 g/mol. The van der Waals surface area contributed by atoms with Crippen LogP contribution in [0.15, 0.2) is 0 Å². The molecule has 3 nitrogen and oxygen atoms in total. The zero-order valence-electron chi connectivity index (χ0n) is 10.7. The molecule has 16 heavy (non-hydrogen) atoms. The molecule has 3 heteroatoms. The summed E-state index contributed by atoms with van der Waals surface area (Å²) in [6, 6.07) is 0.383. The minimum absolute atomic E-state index is 0.189. The summed E-state index contributed by atoms with van der Waals surface area (Å²) in [6.45, 7) is 6.97. The first-order chi connectivity index (χ1) is 7.41. The molecule has 0 radical (unpaired) electrons. The predicted octanol–water partition coefficient (Wildman–Crippen LogP) is 1.82. The zero-order chi connectivity index (χ0) is 11.8. The van der Waals surface area contributed by atoms with Crippen LogP contribution in [0.4, 0.5) is 0 Å². The molecule has 1 saturated carbocycles. The van der Waals surface area contributed by atoms with Gasteiger partial charge in [0.2, 0.25) is 5.91 Å². The van der Waals surface area contributed by atoms with Crippen LogP contribution in [0.5, 0.6) is 0 Å². The molecule has 92 valence electrons. The number of carbonyl (C=O) groups is 1. The van der Waals surface area contributed by atoms with Gasteiger partial charge in [0, 0.05) is 17.0 Å². The second-order valence-electron chi connectivity index (χ2n) is 6.47. The average Bonchev–Trinajstić information content (AvgIpc) is 2.14. The van der Waals surface area contributed by atoms with Gasteiger partial charge in [-0.25, -0.2) is 0 Å². The van der Waals surface area contributed by atoms with Crippen LogP contribution in [0.2, 0.25) is 0 Å². The maximum atomic E-state index is 11.9. The van der Waals surface area contributed by atoms with Crippen molar-refractivity contribution in [3.63, 3.8) is 0 Å². The van der Waals surface area contributed by atoms with Crippen molar-refractivity contribution in [2.75, 3.05) is 6.54 Å². The van der Waals surface area contributed by atoms with E-state index in [2.05, 4.69) is 10.6 Å². The Morgan fingerprint density at radius 3 is 2.56 bits per heavy atom. The van der Waals surface area contributed by atoms with E-state index in [1.54, 1.807) is 0 Å². The van der Waals surface area contributed by atoms with Gasteiger partial charge in [-0.3, -0.25) is 4.79 Å². The number of rotatable bonds is 1. The molecule has 1 atom stereocenters. The van der Waals surface area contributed by atoms with Crippen molar-refractivity contribution in [3.8, 4) is 0 Å². The predicted molar refractivity (Wildman–Crippen MR) is 65.2 cm³/mol. The van der Waals surface area contributed by atoms with Gasteiger partial charge in [0.15, 0.2) is 0 Å². The normalized spacial score (nSPS) is 28.6.